The third kappa shape index (κ3) is 7.75. The molecule has 8 heteroatoms. The van der Waals surface area contributed by atoms with Gasteiger partial charge in [-0.05, 0) is 44.0 Å². The van der Waals surface area contributed by atoms with Gasteiger partial charge in [0.05, 0.1) is 0 Å². The molecule has 0 spiro atoms. The van der Waals surface area contributed by atoms with E-state index in [1.54, 1.807) is 32.9 Å². The SMILES string of the molecule is CC(C)(C)NC(=O)NC(=O)COC(=O)CNC(=O)c1ccc(-c2ccccc2)cc1. The van der Waals surface area contributed by atoms with Crippen LogP contribution in [0.1, 0.15) is 31.1 Å². The molecule has 0 aliphatic rings. The first-order chi connectivity index (χ1) is 14.1. The fourth-order valence-electron chi connectivity index (χ4n) is 2.43. The standard InChI is InChI=1S/C22H25N3O5/c1-22(2,3)25-21(29)24-18(26)14-30-19(27)13-23-20(28)17-11-9-16(10-12-17)15-7-5-4-6-8-15/h4-12H,13-14H2,1-3H3,(H,23,28)(H2,24,25,26,29). The van der Waals surface area contributed by atoms with E-state index in [0.29, 0.717) is 5.56 Å². The number of carbonyl (C=O) groups excluding carboxylic acids is 4. The molecule has 3 N–H and O–H groups in total. The second-order valence-corrected chi connectivity index (χ2v) is 7.54. The second-order valence-electron chi connectivity index (χ2n) is 7.54. The Morgan fingerprint density at radius 3 is 2.07 bits per heavy atom. The van der Waals surface area contributed by atoms with Crippen LogP contribution < -0.4 is 16.0 Å². The molecule has 0 fully saturated rings. The molecule has 2 aromatic rings. The molecule has 0 atom stereocenters. The summed E-state index contributed by atoms with van der Waals surface area (Å²) in [5.74, 6) is -2.01. The number of rotatable bonds is 6. The van der Waals surface area contributed by atoms with Gasteiger partial charge in [0.25, 0.3) is 11.8 Å². The number of ether oxygens (including phenoxy) is 1. The zero-order chi connectivity index (χ0) is 22.1. The Hall–Kier alpha value is -3.68. The Labute approximate surface area is 175 Å². The molecular weight excluding hydrogens is 386 g/mol. The maximum atomic E-state index is 12.2. The number of nitrogens with one attached hydrogen (secondary N) is 3. The van der Waals surface area contributed by atoms with Crippen molar-refractivity contribution in [3.8, 4) is 11.1 Å². The number of benzene rings is 2. The third-order valence-corrected chi connectivity index (χ3v) is 3.75. The molecule has 2 rings (SSSR count). The average Bonchev–Trinajstić information content (AvgIpc) is 2.69. The highest BCUT2D eigenvalue weighted by Crippen LogP contribution is 2.19. The lowest BCUT2D eigenvalue weighted by Crippen LogP contribution is -2.49. The molecule has 0 radical (unpaired) electrons. The van der Waals surface area contributed by atoms with Crippen molar-refractivity contribution >= 4 is 23.8 Å². The minimum Gasteiger partial charge on any atom is -0.454 e. The van der Waals surface area contributed by atoms with Crippen LogP contribution in [-0.2, 0) is 14.3 Å². The summed E-state index contributed by atoms with van der Waals surface area (Å²) in [5.41, 5.74) is 1.87. The van der Waals surface area contributed by atoms with Crippen LogP contribution in [0.15, 0.2) is 54.6 Å². The molecular formula is C22H25N3O5. The largest absolute Gasteiger partial charge is 0.454 e. The second kappa shape index (κ2) is 10.2. The van der Waals surface area contributed by atoms with Gasteiger partial charge in [-0.2, -0.15) is 0 Å². The van der Waals surface area contributed by atoms with E-state index in [1.807, 2.05) is 47.8 Å². The summed E-state index contributed by atoms with van der Waals surface area (Å²) in [6.45, 7) is 4.25. The smallest absolute Gasteiger partial charge is 0.325 e. The molecule has 0 unspecified atom stereocenters. The quantitative estimate of drug-likeness (QED) is 0.631. The summed E-state index contributed by atoms with van der Waals surface area (Å²) in [7, 11) is 0. The van der Waals surface area contributed by atoms with Crippen molar-refractivity contribution < 1.29 is 23.9 Å². The van der Waals surface area contributed by atoms with Crippen molar-refractivity contribution in [2.75, 3.05) is 13.2 Å². The summed E-state index contributed by atoms with van der Waals surface area (Å²) in [6.07, 6.45) is 0. The van der Waals surface area contributed by atoms with E-state index in [2.05, 4.69) is 10.6 Å². The molecule has 0 bridgehead atoms. The van der Waals surface area contributed by atoms with Gasteiger partial charge in [-0.25, -0.2) is 4.79 Å². The van der Waals surface area contributed by atoms with Crippen LogP contribution in [0, 0.1) is 0 Å². The van der Waals surface area contributed by atoms with E-state index in [9.17, 15) is 19.2 Å². The van der Waals surface area contributed by atoms with Crippen LogP contribution in [0.5, 0.6) is 0 Å². The Morgan fingerprint density at radius 2 is 1.47 bits per heavy atom. The van der Waals surface area contributed by atoms with Gasteiger partial charge < -0.3 is 15.4 Å². The van der Waals surface area contributed by atoms with E-state index in [-0.39, 0.29) is 0 Å². The first kappa shape index (κ1) is 22.6. The van der Waals surface area contributed by atoms with Crippen molar-refractivity contribution in [3.63, 3.8) is 0 Å². The van der Waals surface area contributed by atoms with Crippen LogP contribution in [0.3, 0.4) is 0 Å². The third-order valence-electron chi connectivity index (χ3n) is 3.75. The van der Waals surface area contributed by atoms with Gasteiger partial charge in [0, 0.05) is 11.1 Å². The predicted octanol–water partition coefficient (Wildman–Crippen LogP) is 2.25. The molecule has 0 aliphatic carbocycles. The van der Waals surface area contributed by atoms with E-state index < -0.39 is 42.5 Å². The van der Waals surface area contributed by atoms with Gasteiger partial charge in [0.1, 0.15) is 6.54 Å². The molecule has 2 aromatic carbocycles. The van der Waals surface area contributed by atoms with Crippen molar-refractivity contribution in [2.24, 2.45) is 0 Å². The number of esters is 1. The molecule has 0 saturated heterocycles. The van der Waals surface area contributed by atoms with Gasteiger partial charge in [-0.1, -0.05) is 42.5 Å². The van der Waals surface area contributed by atoms with Crippen LogP contribution in [0.2, 0.25) is 0 Å². The minimum atomic E-state index is -0.796. The zero-order valence-electron chi connectivity index (χ0n) is 17.2. The maximum Gasteiger partial charge on any atom is 0.325 e. The minimum absolute atomic E-state index is 0.388. The number of amides is 4. The Kier molecular flexibility index (Phi) is 7.69. The Morgan fingerprint density at radius 1 is 0.867 bits per heavy atom. The lowest BCUT2D eigenvalue weighted by molar-refractivity contribution is -0.147. The van der Waals surface area contributed by atoms with Crippen molar-refractivity contribution in [1.29, 1.82) is 0 Å². The first-order valence-electron chi connectivity index (χ1n) is 9.35. The van der Waals surface area contributed by atoms with E-state index in [4.69, 9.17) is 4.74 Å². The van der Waals surface area contributed by atoms with Gasteiger partial charge in [0.15, 0.2) is 6.61 Å². The highest BCUT2D eigenvalue weighted by Gasteiger charge is 2.17. The predicted molar refractivity (Wildman–Crippen MR) is 112 cm³/mol. The van der Waals surface area contributed by atoms with Crippen molar-refractivity contribution in [1.82, 2.24) is 16.0 Å². The van der Waals surface area contributed by atoms with Crippen LogP contribution in [0.25, 0.3) is 11.1 Å². The lowest BCUT2D eigenvalue weighted by Gasteiger charge is -2.20. The summed E-state index contributed by atoms with van der Waals surface area (Å²) in [5, 5.41) is 7.02. The first-order valence-corrected chi connectivity index (χ1v) is 9.35. The monoisotopic (exact) mass is 411 g/mol. The van der Waals surface area contributed by atoms with Crippen LogP contribution in [0.4, 0.5) is 4.79 Å². The van der Waals surface area contributed by atoms with E-state index in [0.717, 1.165) is 11.1 Å². The molecule has 30 heavy (non-hydrogen) atoms. The van der Waals surface area contributed by atoms with Gasteiger partial charge >= 0.3 is 12.0 Å². The fourth-order valence-corrected chi connectivity index (χ4v) is 2.43. The Bertz CT molecular complexity index is 903. The topological polar surface area (TPSA) is 114 Å². The van der Waals surface area contributed by atoms with Crippen LogP contribution >= 0.6 is 0 Å². The van der Waals surface area contributed by atoms with E-state index in [1.165, 1.54) is 0 Å². The fraction of sp³-hybridized carbons (Fsp3) is 0.273. The summed E-state index contributed by atoms with van der Waals surface area (Å²) >= 11 is 0. The van der Waals surface area contributed by atoms with Crippen molar-refractivity contribution in [2.45, 2.75) is 26.3 Å². The molecule has 0 heterocycles. The highest BCUT2D eigenvalue weighted by molar-refractivity contribution is 5.97. The summed E-state index contributed by atoms with van der Waals surface area (Å²) < 4.78 is 4.75. The molecule has 0 aliphatic heterocycles. The number of carbonyl (C=O) groups is 4. The highest BCUT2D eigenvalue weighted by atomic mass is 16.5. The van der Waals surface area contributed by atoms with Crippen LogP contribution in [-0.4, -0.2) is 42.5 Å². The van der Waals surface area contributed by atoms with Gasteiger partial charge in [-0.15, -0.1) is 0 Å². The maximum absolute atomic E-state index is 12.2. The Balaban J connectivity index is 1.74. The lowest BCUT2D eigenvalue weighted by atomic mass is 10.0. The number of hydrogen-bond donors (Lipinski definition) is 3. The van der Waals surface area contributed by atoms with E-state index >= 15 is 0 Å². The molecule has 4 amide bonds. The summed E-state index contributed by atoms with van der Waals surface area (Å²) in [4.78, 5) is 47.1. The van der Waals surface area contributed by atoms with Gasteiger partial charge in [-0.3, -0.25) is 19.7 Å². The number of hydrogen-bond acceptors (Lipinski definition) is 5. The van der Waals surface area contributed by atoms with Gasteiger partial charge in [0.2, 0.25) is 0 Å². The normalized spacial score (nSPS) is 10.6. The molecule has 158 valence electrons. The molecule has 0 saturated carbocycles. The molecule has 8 nitrogen and oxygen atoms in total. The number of imide groups is 1. The van der Waals surface area contributed by atoms with Crippen molar-refractivity contribution in [3.05, 3.63) is 60.2 Å². The molecule has 0 aromatic heterocycles. The average molecular weight is 411 g/mol. The zero-order valence-corrected chi connectivity index (χ0v) is 17.2. The summed E-state index contributed by atoms with van der Waals surface area (Å²) in [6, 6.07) is 16.0. The number of urea groups is 1.